The molecular weight excluding hydrogens is 342 g/mol. The van der Waals surface area contributed by atoms with E-state index in [1.165, 1.54) is 0 Å². The lowest BCUT2D eigenvalue weighted by Gasteiger charge is -2.36. The number of benzene rings is 1. The number of hydrogen-bond acceptors (Lipinski definition) is 4. The number of hydrogen-bond donors (Lipinski definition) is 3. The number of carbonyl (C=O) groups is 2. The minimum Gasteiger partial charge on any atom is -0.369 e. The van der Waals surface area contributed by atoms with Gasteiger partial charge in [-0.1, -0.05) is 31.9 Å². The Morgan fingerprint density at radius 2 is 1.78 bits per heavy atom. The van der Waals surface area contributed by atoms with Gasteiger partial charge < -0.3 is 26.2 Å². The summed E-state index contributed by atoms with van der Waals surface area (Å²) in [6.45, 7) is 7.48. The summed E-state index contributed by atoms with van der Waals surface area (Å²) >= 11 is 0. The molecule has 3 amide bonds. The summed E-state index contributed by atoms with van der Waals surface area (Å²) in [6, 6.07) is 7.58. The Balaban J connectivity index is 1.60. The van der Waals surface area contributed by atoms with Gasteiger partial charge in [0.1, 0.15) is 0 Å². The molecule has 1 aromatic carbocycles. The average Bonchev–Trinajstić information content (AvgIpc) is 3.17. The van der Waals surface area contributed by atoms with Crippen LogP contribution in [-0.2, 0) is 4.79 Å². The van der Waals surface area contributed by atoms with Crippen molar-refractivity contribution in [3.05, 3.63) is 24.3 Å². The van der Waals surface area contributed by atoms with Crippen LogP contribution in [0.5, 0.6) is 0 Å². The van der Waals surface area contributed by atoms with Gasteiger partial charge in [-0.2, -0.15) is 0 Å². The van der Waals surface area contributed by atoms with E-state index in [2.05, 4.69) is 27.4 Å². The molecule has 1 heterocycles. The summed E-state index contributed by atoms with van der Waals surface area (Å²) in [5, 5.41) is 5.82. The molecule has 27 heavy (non-hydrogen) atoms. The number of nitrogens with two attached hydrogens (primary N) is 1. The summed E-state index contributed by atoms with van der Waals surface area (Å²) in [4.78, 5) is 29.0. The smallest absolute Gasteiger partial charge is 0.319 e. The second-order valence-corrected chi connectivity index (χ2v) is 7.60. The molecule has 1 aliphatic carbocycles. The standard InChI is InChI=1S/C20H31N5O2/c1-2-24-11-13-25(14-12-24)17-8-4-3-7-16(17)23-19(27)22-15-20(18(21)26)9-5-6-10-20/h3-4,7-8H,2,5-6,9-15H2,1H3,(H2,21,26)(H2,22,23,27). The highest BCUT2D eigenvalue weighted by atomic mass is 16.2. The predicted molar refractivity (Wildman–Crippen MR) is 108 cm³/mol. The highest BCUT2D eigenvalue weighted by Gasteiger charge is 2.39. The number of para-hydroxylation sites is 2. The maximum Gasteiger partial charge on any atom is 0.319 e. The van der Waals surface area contributed by atoms with Crippen molar-refractivity contribution in [1.29, 1.82) is 0 Å². The van der Waals surface area contributed by atoms with Gasteiger partial charge in [0, 0.05) is 32.7 Å². The zero-order chi connectivity index (χ0) is 19.3. The van der Waals surface area contributed by atoms with Crippen LogP contribution in [0.1, 0.15) is 32.6 Å². The fourth-order valence-corrected chi connectivity index (χ4v) is 4.14. The lowest BCUT2D eigenvalue weighted by molar-refractivity contribution is -0.127. The molecule has 1 aromatic rings. The monoisotopic (exact) mass is 373 g/mol. The Hall–Kier alpha value is -2.28. The number of nitrogens with zero attached hydrogens (tertiary/aromatic N) is 2. The molecule has 4 N–H and O–H groups in total. The third kappa shape index (κ3) is 4.53. The fraction of sp³-hybridized carbons (Fsp3) is 0.600. The molecule has 1 saturated heterocycles. The molecule has 1 saturated carbocycles. The Bertz CT molecular complexity index is 664. The summed E-state index contributed by atoms with van der Waals surface area (Å²) in [7, 11) is 0. The Kier molecular flexibility index (Phi) is 6.21. The minimum atomic E-state index is -0.590. The van der Waals surface area contributed by atoms with Gasteiger partial charge in [-0.05, 0) is 31.5 Å². The Morgan fingerprint density at radius 3 is 2.41 bits per heavy atom. The Morgan fingerprint density at radius 1 is 1.11 bits per heavy atom. The van der Waals surface area contributed by atoms with Crippen molar-refractivity contribution < 1.29 is 9.59 Å². The largest absolute Gasteiger partial charge is 0.369 e. The normalized spacial score (nSPS) is 19.7. The molecule has 2 aliphatic rings. The lowest BCUT2D eigenvalue weighted by Crippen LogP contribution is -2.47. The van der Waals surface area contributed by atoms with Crippen molar-refractivity contribution in [3.63, 3.8) is 0 Å². The zero-order valence-corrected chi connectivity index (χ0v) is 16.2. The van der Waals surface area contributed by atoms with Crippen LogP contribution in [0.2, 0.25) is 0 Å². The molecule has 0 aromatic heterocycles. The fourth-order valence-electron chi connectivity index (χ4n) is 4.14. The molecule has 0 unspecified atom stereocenters. The summed E-state index contributed by atoms with van der Waals surface area (Å²) in [5.41, 5.74) is 6.83. The first-order valence-corrected chi connectivity index (χ1v) is 9.95. The average molecular weight is 374 g/mol. The number of nitrogens with one attached hydrogen (secondary N) is 2. The highest BCUT2D eigenvalue weighted by molar-refractivity contribution is 5.93. The molecule has 2 fully saturated rings. The number of rotatable bonds is 6. The van der Waals surface area contributed by atoms with Crippen LogP contribution in [0.15, 0.2) is 24.3 Å². The van der Waals surface area contributed by atoms with Gasteiger partial charge in [-0.15, -0.1) is 0 Å². The number of primary amides is 1. The number of likely N-dealkylation sites (N-methyl/N-ethyl adjacent to an activating group) is 1. The zero-order valence-electron chi connectivity index (χ0n) is 16.2. The van der Waals surface area contributed by atoms with Crippen molar-refractivity contribution in [2.75, 3.05) is 49.5 Å². The van der Waals surface area contributed by atoms with Gasteiger partial charge in [0.2, 0.25) is 5.91 Å². The molecule has 0 radical (unpaired) electrons. The van der Waals surface area contributed by atoms with E-state index in [1.807, 2.05) is 24.3 Å². The lowest BCUT2D eigenvalue weighted by atomic mass is 9.85. The molecule has 0 bridgehead atoms. The van der Waals surface area contributed by atoms with Gasteiger partial charge in [-0.25, -0.2) is 4.79 Å². The van der Waals surface area contributed by atoms with Crippen LogP contribution >= 0.6 is 0 Å². The topological polar surface area (TPSA) is 90.7 Å². The SMILES string of the molecule is CCN1CCN(c2ccccc2NC(=O)NCC2(C(N)=O)CCCC2)CC1. The first-order valence-electron chi connectivity index (χ1n) is 9.95. The molecule has 7 heteroatoms. The van der Waals surface area contributed by atoms with Gasteiger partial charge in [0.25, 0.3) is 0 Å². The van der Waals surface area contributed by atoms with Gasteiger partial charge in [0.15, 0.2) is 0 Å². The summed E-state index contributed by atoms with van der Waals surface area (Å²) < 4.78 is 0. The van der Waals surface area contributed by atoms with E-state index in [-0.39, 0.29) is 11.9 Å². The van der Waals surface area contributed by atoms with Crippen LogP contribution < -0.4 is 21.3 Å². The van der Waals surface area contributed by atoms with Crippen molar-refractivity contribution in [2.45, 2.75) is 32.6 Å². The van der Waals surface area contributed by atoms with E-state index in [0.717, 1.165) is 69.8 Å². The number of piperazine rings is 1. The molecule has 0 spiro atoms. The predicted octanol–water partition coefficient (Wildman–Crippen LogP) is 2.00. The molecule has 3 rings (SSSR count). The van der Waals surface area contributed by atoms with Gasteiger partial charge in [-0.3, -0.25) is 4.79 Å². The summed E-state index contributed by atoms with van der Waals surface area (Å²) in [5.74, 6) is -0.311. The first-order chi connectivity index (χ1) is 13.0. The van der Waals surface area contributed by atoms with Crippen LogP contribution in [0.3, 0.4) is 0 Å². The van der Waals surface area contributed by atoms with Crippen LogP contribution in [0.25, 0.3) is 0 Å². The van der Waals surface area contributed by atoms with E-state index in [9.17, 15) is 9.59 Å². The van der Waals surface area contributed by atoms with E-state index < -0.39 is 5.41 Å². The molecule has 148 valence electrons. The minimum absolute atomic E-state index is 0.290. The van der Waals surface area contributed by atoms with Crippen LogP contribution in [0.4, 0.5) is 16.2 Å². The van der Waals surface area contributed by atoms with Crippen molar-refractivity contribution in [2.24, 2.45) is 11.1 Å². The molecule has 7 nitrogen and oxygen atoms in total. The first kappa shape index (κ1) is 19.5. The van der Waals surface area contributed by atoms with Crippen molar-refractivity contribution in [1.82, 2.24) is 10.2 Å². The van der Waals surface area contributed by atoms with Crippen LogP contribution in [0, 0.1) is 5.41 Å². The maximum atomic E-state index is 12.5. The highest BCUT2D eigenvalue weighted by Crippen LogP contribution is 2.37. The van der Waals surface area contributed by atoms with Crippen LogP contribution in [-0.4, -0.2) is 56.1 Å². The van der Waals surface area contributed by atoms with Gasteiger partial charge >= 0.3 is 6.03 Å². The quantitative estimate of drug-likeness (QED) is 0.711. The third-order valence-electron chi connectivity index (χ3n) is 5.98. The van der Waals surface area contributed by atoms with E-state index >= 15 is 0 Å². The van der Waals surface area contributed by atoms with E-state index in [0.29, 0.717) is 6.54 Å². The molecular formula is C20H31N5O2. The Labute approximate surface area is 161 Å². The number of amides is 3. The van der Waals surface area contributed by atoms with Gasteiger partial charge in [0.05, 0.1) is 16.8 Å². The third-order valence-corrected chi connectivity index (χ3v) is 5.98. The van der Waals surface area contributed by atoms with Crippen molar-refractivity contribution >= 4 is 23.3 Å². The molecule has 1 aliphatic heterocycles. The maximum absolute atomic E-state index is 12.5. The number of urea groups is 1. The number of carbonyl (C=O) groups excluding carboxylic acids is 2. The van der Waals surface area contributed by atoms with Crippen molar-refractivity contribution in [3.8, 4) is 0 Å². The second-order valence-electron chi connectivity index (χ2n) is 7.60. The van der Waals surface area contributed by atoms with E-state index in [1.54, 1.807) is 0 Å². The second kappa shape index (κ2) is 8.61. The number of anilines is 2. The van der Waals surface area contributed by atoms with E-state index in [4.69, 9.17) is 5.73 Å². The molecule has 0 atom stereocenters. The summed E-state index contributed by atoms with van der Waals surface area (Å²) in [6.07, 6.45) is 3.47.